The fraction of sp³-hybridized carbons (Fsp3) is 0.529. The van der Waals surface area contributed by atoms with Crippen LogP contribution in [-0.2, 0) is 0 Å². The third kappa shape index (κ3) is 5.82. The molecule has 0 radical (unpaired) electrons. The second kappa shape index (κ2) is 7.22. The number of benzene rings is 1. The Labute approximate surface area is 117 Å². The van der Waals surface area contributed by atoms with Crippen molar-refractivity contribution in [1.29, 1.82) is 0 Å². The van der Waals surface area contributed by atoms with E-state index in [-0.39, 0.29) is 5.60 Å². The van der Waals surface area contributed by atoms with Gasteiger partial charge in [0.1, 0.15) is 17.1 Å². The Kier molecular flexibility index (Phi) is 5.94. The van der Waals surface area contributed by atoms with Crippen LogP contribution >= 0.6 is 0 Å². The van der Waals surface area contributed by atoms with Gasteiger partial charge in [-0.2, -0.15) is 0 Å². The molecular weight excluding hydrogens is 236 g/mol. The molecule has 1 rings (SSSR count). The van der Waals surface area contributed by atoms with E-state index in [1.807, 2.05) is 45.0 Å². The van der Waals surface area contributed by atoms with E-state index in [1.165, 1.54) is 12.8 Å². The summed E-state index contributed by atoms with van der Waals surface area (Å²) in [6, 6.07) is 5.90. The van der Waals surface area contributed by atoms with Crippen molar-refractivity contribution in [3.63, 3.8) is 0 Å². The molecule has 0 saturated carbocycles. The van der Waals surface area contributed by atoms with Crippen LogP contribution in [0.1, 0.15) is 52.5 Å². The van der Waals surface area contributed by atoms with Crippen molar-refractivity contribution in [3.8, 4) is 11.5 Å². The summed E-state index contributed by atoms with van der Waals surface area (Å²) in [5, 5.41) is 0. The Morgan fingerprint density at radius 3 is 2.53 bits per heavy atom. The van der Waals surface area contributed by atoms with Crippen molar-refractivity contribution in [2.24, 2.45) is 0 Å². The molecule has 0 atom stereocenters. The zero-order chi connectivity index (χ0) is 14.3. The monoisotopic (exact) mass is 262 g/mol. The molecule has 0 saturated heterocycles. The van der Waals surface area contributed by atoms with Gasteiger partial charge in [-0.05, 0) is 39.3 Å². The van der Waals surface area contributed by atoms with Gasteiger partial charge in [-0.1, -0.05) is 32.4 Å². The zero-order valence-electron chi connectivity index (χ0n) is 12.7. The Morgan fingerprint density at radius 1 is 1.21 bits per heavy atom. The highest BCUT2D eigenvalue weighted by atomic mass is 16.5. The second-order valence-corrected chi connectivity index (χ2v) is 5.67. The van der Waals surface area contributed by atoms with Crippen molar-refractivity contribution >= 4 is 6.08 Å². The van der Waals surface area contributed by atoms with Crippen LogP contribution in [0.25, 0.3) is 6.08 Å². The van der Waals surface area contributed by atoms with Crippen LogP contribution in [0.5, 0.6) is 11.5 Å². The predicted octanol–water partition coefficient (Wildman–Crippen LogP) is 5.08. The third-order valence-corrected chi connectivity index (χ3v) is 2.63. The van der Waals surface area contributed by atoms with Crippen molar-refractivity contribution in [1.82, 2.24) is 0 Å². The molecule has 19 heavy (non-hydrogen) atoms. The Bertz CT molecular complexity index is 402. The van der Waals surface area contributed by atoms with Crippen molar-refractivity contribution in [2.45, 2.75) is 52.6 Å². The summed E-state index contributed by atoms with van der Waals surface area (Å²) in [5.74, 6) is 1.69. The lowest BCUT2D eigenvalue weighted by molar-refractivity contribution is 0.130. The SMILES string of the molecule is C=Cc1ccc(OC(C)(C)C)cc1OCCCCC. The van der Waals surface area contributed by atoms with Gasteiger partial charge >= 0.3 is 0 Å². The first kappa shape index (κ1) is 15.6. The van der Waals surface area contributed by atoms with Gasteiger partial charge in [0, 0.05) is 11.6 Å². The van der Waals surface area contributed by atoms with Crippen LogP contribution in [0.2, 0.25) is 0 Å². The zero-order valence-corrected chi connectivity index (χ0v) is 12.7. The Hall–Kier alpha value is -1.44. The van der Waals surface area contributed by atoms with Crippen molar-refractivity contribution in [2.75, 3.05) is 6.61 Å². The number of unbranched alkanes of at least 4 members (excludes halogenated alkanes) is 2. The molecule has 0 bridgehead atoms. The lowest BCUT2D eigenvalue weighted by Crippen LogP contribution is -2.22. The summed E-state index contributed by atoms with van der Waals surface area (Å²) in [7, 11) is 0. The number of hydrogen-bond donors (Lipinski definition) is 0. The third-order valence-electron chi connectivity index (χ3n) is 2.63. The first-order chi connectivity index (χ1) is 8.96. The van der Waals surface area contributed by atoms with Gasteiger partial charge in [-0.15, -0.1) is 0 Å². The molecule has 0 heterocycles. The molecule has 0 aliphatic heterocycles. The van der Waals surface area contributed by atoms with Gasteiger partial charge in [0.25, 0.3) is 0 Å². The molecule has 0 aromatic heterocycles. The summed E-state index contributed by atoms with van der Waals surface area (Å²) in [4.78, 5) is 0. The Morgan fingerprint density at radius 2 is 1.95 bits per heavy atom. The molecule has 0 unspecified atom stereocenters. The average molecular weight is 262 g/mol. The van der Waals surface area contributed by atoms with Crippen molar-refractivity contribution in [3.05, 3.63) is 30.3 Å². The van der Waals surface area contributed by atoms with Crippen LogP contribution in [0.3, 0.4) is 0 Å². The molecule has 0 aliphatic carbocycles. The lowest BCUT2D eigenvalue weighted by atomic mass is 10.1. The molecule has 0 aliphatic rings. The number of hydrogen-bond acceptors (Lipinski definition) is 2. The Balaban J connectivity index is 2.75. The van der Waals surface area contributed by atoms with E-state index < -0.39 is 0 Å². The van der Waals surface area contributed by atoms with Crippen LogP contribution in [0.4, 0.5) is 0 Å². The topological polar surface area (TPSA) is 18.5 Å². The first-order valence-corrected chi connectivity index (χ1v) is 7.04. The van der Waals surface area contributed by atoms with E-state index in [4.69, 9.17) is 9.47 Å². The summed E-state index contributed by atoms with van der Waals surface area (Å²) in [6.45, 7) is 12.9. The first-order valence-electron chi connectivity index (χ1n) is 7.04. The molecule has 1 aromatic rings. The van der Waals surface area contributed by atoms with E-state index in [0.717, 1.165) is 30.1 Å². The summed E-state index contributed by atoms with van der Waals surface area (Å²) < 4.78 is 11.7. The predicted molar refractivity (Wildman–Crippen MR) is 81.9 cm³/mol. The van der Waals surface area contributed by atoms with Gasteiger partial charge in [-0.25, -0.2) is 0 Å². The quantitative estimate of drug-likeness (QED) is 0.638. The smallest absolute Gasteiger partial charge is 0.130 e. The lowest BCUT2D eigenvalue weighted by Gasteiger charge is -2.22. The minimum atomic E-state index is -0.199. The maximum absolute atomic E-state index is 5.86. The standard InChI is InChI=1S/C17H26O2/c1-6-8-9-12-18-16-13-15(19-17(3,4)5)11-10-14(16)7-2/h7,10-11,13H,2,6,8-9,12H2,1,3-5H3. The normalized spacial score (nSPS) is 11.2. The minimum Gasteiger partial charge on any atom is -0.493 e. The fourth-order valence-electron chi connectivity index (χ4n) is 1.76. The summed E-state index contributed by atoms with van der Waals surface area (Å²) in [6.07, 6.45) is 5.29. The second-order valence-electron chi connectivity index (χ2n) is 5.67. The van der Waals surface area contributed by atoms with Crippen LogP contribution < -0.4 is 9.47 Å². The minimum absolute atomic E-state index is 0.199. The number of ether oxygens (including phenoxy) is 2. The van der Waals surface area contributed by atoms with E-state index in [9.17, 15) is 0 Å². The molecule has 106 valence electrons. The highest BCUT2D eigenvalue weighted by molar-refractivity contribution is 5.57. The van der Waals surface area contributed by atoms with E-state index in [0.29, 0.717) is 0 Å². The van der Waals surface area contributed by atoms with E-state index in [1.54, 1.807) is 0 Å². The van der Waals surface area contributed by atoms with Crippen LogP contribution in [0.15, 0.2) is 24.8 Å². The molecule has 2 nitrogen and oxygen atoms in total. The molecule has 0 N–H and O–H groups in total. The maximum Gasteiger partial charge on any atom is 0.130 e. The summed E-state index contributed by atoms with van der Waals surface area (Å²) >= 11 is 0. The van der Waals surface area contributed by atoms with Gasteiger partial charge < -0.3 is 9.47 Å². The fourth-order valence-corrected chi connectivity index (χ4v) is 1.76. The number of rotatable bonds is 7. The molecule has 0 fully saturated rings. The van der Waals surface area contributed by atoms with Crippen molar-refractivity contribution < 1.29 is 9.47 Å². The van der Waals surface area contributed by atoms with Gasteiger partial charge in [-0.3, -0.25) is 0 Å². The molecule has 0 spiro atoms. The van der Waals surface area contributed by atoms with E-state index >= 15 is 0 Å². The largest absolute Gasteiger partial charge is 0.493 e. The molecule has 0 amide bonds. The molecule has 2 heteroatoms. The van der Waals surface area contributed by atoms with E-state index in [2.05, 4.69) is 13.5 Å². The van der Waals surface area contributed by atoms with Gasteiger partial charge in [0.15, 0.2) is 0 Å². The summed E-state index contributed by atoms with van der Waals surface area (Å²) in [5.41, 5.74) is 0.813. The highest BCUT2D eigenvalue weighted by Crippen LogP contribution is 2.28. The average Bonchev–Trinajstić information content (AvgIpc) is 2.33. The molecule has 1 aromatic carbocycles. The van der Waals surface area contributed by atoms with Crippen LogP contribution in [0, 0.1) is 0 Å². The van der Waals surface area contributed by atoms with Crippen LogP contribution in [-0.4, -0.2) is 12.2 Å². The maximum atomic E-state index is 5.86. The highest BCUT2D eigenvalue weighted by Gasteiger charge is 2.13. The molecular formula is C17H26O2. The van der Waals surface area contributed by atoms with Gasteiger partial charge in [0.2, 0.25) is 0 Å². The van der Waals surface area contributed by atoms with Gasteiger partial charge in [0.05, 0.1) is 6.61 Å².